The number of nitrogens with one attached hydrogen (secondary N) is 1. The average molecular weight is 405 g/mol. The van der Waals surface area contributed by atoms with E-state index in [2.05, 4.69) is 24.1 Å². The fourth-order valence-electron chi connectivity index (χ4n) is 3.87. The number of rotatable bonds is 4. The van der Waals surface area contributed by atoms with Crippen molar-refractivity contribution in [1.82, 2.24) is 9.80 Å². The molecule has 1 heterocycles. The molecule has 0 bridgehead atoms. The van der Waals surface area contributed by atoms with Gasteiger partial charge in [0.15, 0.2) is 0 Å². The molecule has 1 aromatic carbocycles. The molecule has 2 fully saturated rings. The van der Waals surface area contributed by atoms with Gasteiger partial charge in [0.2, 0.25) is 0 Å². The van der Waals surface area contributed by atoms with Crippen molar-refractivity contribution in [2.45, 2.75) is 33.1 Å². The molecule has 6 nitrogen and oxygen atoms in total. The van der Waals surface area contributed by atoms with Gasteiger partial charge in [-0.15, -0.1) is 0 Å². The number of hydrogen-bond donors (Lipinski definition) is 1. The highest BCUT2D eigenvalue weighted by atomic mass is 35.5. The number of carbonyl (C=O) groups excluding carboxylic acids is 2. The number of piperazine rings is 1. The standard InChI is InChI=1S/C21H29ClN4O2/c1-21(2)14-18(13-19(27)15-21)23-7-8-25-9-11-26(12-10-25)20(28)24-17-5-3-16(22)4-6-17/h3-6H,7-15H2,1-2H3,(H,24,28). The van der Waals surface area contributed by atoms with E-state index in [0.717, 1.165) is 44.0 Å². The number of aliphatic imine (C=N–C) groups is 1. The van der Waals surface area contributed by atoms with Crippen LogP contribution in [0.15, 0.2) is 29.3 Å². The van der Waals surface area contributed by atoms with E-state index in [-0.39, 0.29) is 11.4 Å². The molecule has 0 unspecified atom stereocenters. The van der Waals surface area contributed by atoms with Gasteiger partial charge in [0.05, 0.1) is 6.54 Å². The molecule has 0 spiro atoms. The van der Waals surface area contributed by atoms with Crippen LogP contribution in [-0.4, -0.2) is 66.6 Å². The van der Waals surface area contributed by atoms with Crippen LogP contribution in [0.2, 0.25) is 5.02 Å². The minimum absolute atomic E-state index is 0.0389. The Morgan fingerprint density at radius 2 is 1.82 bits per heavy atom. The number of Topliss-reactive ketones (excluding diaryl/α,β-unsaturated/α-hetero) is 1. The fraction of sp³-hybridized carbons (Fsp3) is 0.571. The molecule has 152 valence electrons. The van der Waals surface area contributed by atoms with Gasteiger partial charge in [-0.25, -0.2) is 4.79 Å². The third kappa shape index (κ3) is 6.04. The Labute approximate surface area is 171 Å². The molecule has 1 N–H and O–H groups in total. The Bertz CT molecular complexity index is 737. The first-order valence-electron chi connectivity index (χ1n) is 9.88. The van der Waals surface area contributed by atoms with E-state index in [0.29, 0.717) is 36.7 Å². The van der Waals surface area contributed by atoms with Crippen LogP contribution in [0, 0.1) is 5.41 Å². The SMILES string of the molecule is CC1(C)CC(=O)CC(=NCCN2CCN(C(=O)Nc3ccc(Cl)cc3)CC2)C1. The van der Waals surface area contributed by atoms with Gasteiger partial charge in [-0.2, -0.15) is 0 Å². The molecule has 28 heavy (non-hydrogen) atoms. The highest BCUT2D eigenvalue weighted by molar-refractivity contribution is 6.30. The summed E-state index contributed by atoms with van der Waals surface area (Å²) in [4.78, 5) is 33.1. The first-order chi connectivity index (χ1) is 13.3. The summed E-state index contributed by atoms with van der Waals surface area (Å²) in [6, 6.07) is 7.04. The lowest BCUT2D eigenvalue weighted by Crippen LogP contribution is -2.50. The summed E-state index contributed by atoms with van der Waals surface area (Å²) < 4.78 is 0. The molecular weight excluding hydrogens is 376 g/mol. The highest BCUT2D eigenvalue weighted by Gasteiger charge is 2.30. The lowest BCUT2D eigenvalue weighted by atomic mass is 9.76. The third-order valence-electron chi connectivity index (χ3n) is 5.27. The van der Waals surface area contributed by atoms with Gasteiger partial charge in [-0.1, -0.05) is 25.4 Å². The number of anilines is 1. The molecule has 3 rings (SSSR count). The second-order valence-corrected chi connectivity index (χ2v) is 8.88. The van der Waals surface area contributed by atoms with Crippen LogP contribution in [0.5, 0.6) is 0 Å². The molecule has 0 radical (unpaired) electrons. The van der Waals surface area contributed by atoms with Crippen molar-refractivity contribution in [1.29, 1.82) is 0 Å². The lowest BCUT2D eigenvalue weighted by molar-refractivity contribution is -0.120. The molecule has 1 aliphatic carbocycles. The molecule has 7 heteroatoms. The van der Waals surface area contributed by atoms with E-state index >= 15 is 0 Å². The van der Waals surface area contributed by atoms with Gasteiger partial charge >= 0.3 is 6.03 Å². The molecule has 2 amide bonds. The molecule has 0 atom stereocenters. The van der Waals surface area contributed by atoms with Crippen molar-refractivity contribution in [3.05, 3.63) is 29.3 Å². The molecule has 1 aromatic rings. The maximum Gasteiger partial charge on any atom is 0.321 e. The second kappa shape index (κ2) is 9.05. The van der Waals surface area contributed by atoms with Crippen LogP contribution >= 0.6 is 11.6 Å². The average Bonchev–Trinajstić information content (AvgIpc) is 2.62. The van der Waals surface area contributed by atoms with Crippen molar-refractivity contribution < 1.29 is 9.59 Å². The molecule has 1 aliphatic heterocycles. The number of amides is 2. The summed E-state index contributed by atoms with van der Waals surface area (Å²) in [7, 11) is 0. The zero-order valence-electron chi connectivity index (χ0n) is 16.7. The number of benzene rings is 1. The predicted octanol–water partition coefficient (Wildman–Crippen LogP) is 3.71. The minimum Gasteiger partial charge on any atom is -0.322 e. The smallest absolute Gasteiger partial charge is 0.321 e. The summed E-state index contributed by atoms with van der Waals surface area (Å²) in [6.07, 6.45) is 2.09. The van der Waals surface area contributed by atoms with Crippen LogP contribution in [-0.2, 0) is 4.79 Å². The molecule has 0 aromatic heterocycles. The maximum absolute atomic E-state index is 12.4. The van der Waals surface area contributed by atoms with Gasteiger partial charge in [0, 0.05) is 62.0 Å². The molecule has 2 aliphatic rings. The van der Waals surface area contributed by atoms with Crippen molar-refractivity contribution in [2.75, 3.05) is 44.6 Å². The molecular formula is C21H29ClN4O2. The van der Waals surface area contributed by atoms with Crippen molar-refractivity contribution >= 4 is 34.8 Å². The summed E-state index contributed by atoms with van der Waals surface area (Å²) in [5.41, 5.74) is 1.83. The molecule has 1 saturated carbocycles. The first kappa shape index (κ1) is 20.8. The topological polar surface area (TPSA) is 65.0 Å². The normalized spacial score (nSPS) is 21.8. The van der Waals surface area contributed by atoms with Crippen LogP contribution in [0.3, 0.4) is 0 Å². The van der Waals surface area contributed by atoms with Gasteiger partial charge in [-0.3, -0.25) is 14.7 Å². The van der Waals surface area contributed by atoms with E-state index in [4.69, 9.17) is 16.6 Å². The fourth-order valence-corrected chi connectivity index (χ4v) is 4.00. The van der Waals surface area contributed by atoms with Crippen LogP contribution in [0.25, 0.3) is 0 Å². The quantitative estimate of drug-likeness (QED) is 0.831. The number of carbonyl (C=O) groups is 2. The van der Waals surface area contributed by atoms with Gasteiger partial charge in [0.25, 0.3) is 0 Å². The van der Waals surface area contributed by atoms with Crippen molar-refractivity contribution in [2.24, 2.45) is 10.4 Å². The highest BCUT2D eigenvalue weighted by Crippen LogP contribution is 2.31. The van der Waals surface area contributed by atoms with E-state index in [9.17, 15) is 9.59 Å². The summed E-state index contributed by atoms with van der Waals surface area (Å²) in [5.74, 6) is 0.301. The Kier molecular flexibility index (Phi) is 6.73. The summed E-state index contributed by atoms with van der Waals surface area (Å²) in [6.45, 7) is 8.91. The number of ketones is 1. The Morgan fingerprint density at radius 1 is 1.14 bits per heavy atom. The van der Waals surface area contributed by atoms with Crippen LogP contribution in [0.1, 0.15) is 33.1 Å². The number of halogens is 1. The third-order valence-corrected chi connectivity index (χ3v) is 5.52. The number of urea groups is 1. The Morgan fingerprint density at radius 3 is 2.46 bits per heavy atom. The van der Waals surface area contributed by atoms with Gasteiger partial charge in [0.1, 0.15) is 5.78 Å². The zero-order valence-corrected chi connectivity index (χ0v) is 17.5. The minimum atomic E-state index is -0.0786. The van der Waals surface area contributed by atoms with E-state index in [1.165, 1.54) is 0 Å². The lowest BCUT2D eigenvalue weighted by Gasteiger charge is -2.34. The van der Waals surface area contributed by atoms with Gasteiger partial charge in [-0.05, 0) is 36.1 Å². The van der Waals surface area contributed by atoms with Crippen LogP contribution < -0.4 is 5.32 Å². The van der Waals surface area contributed by atoms with Gasteiger partial charge < -0.3 is 10.2 Å². The van der Waals surface area contributed by atoms with Crippen molar-refractivity contribution in [3.63, 3.8) is 0 Å². The van der Waals surface area contributed by atoms with E-state index in [1.54, 1.807) is 24.3 Å². The van der Waals surface area contributed by atoms with Crippen molar-refractivity contribution in [3.8, 4) is 0 Å². The summed E-state index contributed by atoms with van der Waals surface area (Å²) in [5, 5.41) is 3.56. The summed E-state index contributed by atoms with van der Waals surface area (Å²) >= 11 is 5.87. The molecule has 1 saturated heterocycles. The van der Waals surface area contributed by atoms with Crippen LogP contribution in [0.4, 0.5) is 10.5 Å². The predicted molar refractivity (Wildman–Crippen MR) is 113 cm³/mol. The first-order valence-corrected chi connectivity index (χ1v) is 10.3. The maximum atomic E-state index is 12.4. The second-order valence-electron chi connectivity index (χ2n) is 8.45. The largest absolute Gasteiger partial charge is 0.322 e. The van der Waals surface area contributed by atoms with E-state index < -0.39 is 0 Å². The number of nitrogens with zero attached hydrogens (tertiary/aromatic N) is 3. The Balaban J connectivity index is 1.40. The Hall–Kier alpha value is -1.92. The monoisotopic (exact) mass is 404 g/mol. The van der Waals surface area contributed by atoms with E-state index in [1.807, 2.05) is 4.90 Å². The zero-order chi connectivity index (χ0) is 20.1. The number of hydrogen-bond acceptors (Lipinski definition) is 4.